The molecular formula is C19H23F6N3O3. The van der Waals surface area contributed by atoms with Crippen molar-refractivity contribution in [1.29, 1.82) is 0 Å². The van der Waals surface area contributed by atoms with E-state index in [-0.39, 0.29) is 37.9 Å². The monoisotopic (exact) mass is 455 g/mol. The van der Waals surface area contributed by atoms with Crippen molar-refractivity contribution in [2.24, 2.45) is 0 Å². The van der Waals surface area contributed by atoms with Crippen LogP contribution in [0.1, 0.15) is 41.3 Å². The van der Waals surface area contributed by atoms with Crippen molar-refractivity contribution in [1.82, 2.24) is 15.5 Å². The maximum absolute atomic E-state index is 12.9. The fourth-order valence-corrected chi connectivity index (χ4v) is 3.12. The quantitative estimate of drug-likeness (QED) is 0.508. The number of halogens is 6. The normalized spacial score (nSPS) is 15.6. The molecule has 1 aromatic carbocycles. The minimum Gasteiger partial charge on any atom is -0.450 e. The van der Waals surface area contributed by atoms with Crippen LogP contribution in [0.2, 0.25) is 0 Å². The van der Waals surface area contributed by atoms with Crippen LogP contribution in [0.3, 0.4) is 0 Å². The summed E-state index contributed by atoms with van der Waals surface area (Å²) in [5.74, 6) is -1.03. The summed E-state index contributed by atoms with van der Waals surface area (Å²) in [7, 11) is 0. The molecule has 1 fully saturated rings. The summed E-state index contributed by atoms with van der Waals surface area (Å²) in [6.07, 6.45) is -9.12. The Morgan fingerprint density at radius 2 is 1.55 bits per heavy atom. The fourth-order valence-electron chi connectivity index (χ4n) is 3.12. The van der Waals surface area contributed by atoms with Crippen LogP contribution >= 0.6 is 0 Å². The van der Waals surface area contributed by atoms with E-state index in [1.165, 1.54) is 0 Å². The number of carbonyl (C=O) groups is 2. The molecule has 1 saturated heterocycles. The van der Waals surface area contributed by atoms with E-state index in [4.69, 9.17) is 4.74 Å². The largest absolute Gasteiger partial charge is 0.450 e. The molecule has 0 unspecified atom stereocenters. The van der Waals surface area contributed by atoms with Gasteiger partial charge in [-0.15, -0.1) is 0 Å². The highest BCUT2D eigenvalue weighted by Crippen LogP contribution is 2.36. The molecule has 0 spiro atoms. The first-order chi connectivity index (χ1) is 14.4. The number of nitrogens with one attached hydrogen (secondary N) is 2. The van der Waals surface area contributed by atoms with E-state index in [0.29, 0.717) is 38.1 Å². The van der Waals surface area contributed by atoms with E-state index in [0.717, 1.165) is 0 Å². The second kappa shape index (κ2) is 10.2. The van der Waals surface area contributed by atoms with Crippen LogP contribution in [0, 0.1) is 0 Å². The van der Waals surface area contributed by atoms with Gasteiger partial charge in [-0.05, 0) is 38.0 Å². The molecule has 0 aromatic heterocycles. The maximum Gasteiger partial charge on any atom is 0.416 e. The van der Waals surface area contributed by atoms with Gasteiger partial charge in [-0.2, -0.15) is 26.3 Å². The number of ether oxygens (including phenoxy) is 1. The van der Waals surface area contributed by atoms with E-state index in [9.17, 15) is 35.9 Å². The Morgan fingerprint density at radius 3 is 2.03 bits per heavy atom. The van der Waals surface area contributed by atoms with Crippen molar-refractivity contribution >= 4 is 12.0 Å². The molecule has 1 aliphatic rings. The molecule has 0 atom stereocenters. The zero-order valence-corrected chi connectivity index (χ0v) is 16.7. The molecule has 174 valence electrons. The van der Waals surface area contributed by atoms with Crippen molar-refractivity contribution in [2.75, 3.05) is 32.8 Å². The van der Waals surface area contributed by atoms with Gasteiger partial charge in [-0.3, -0.25) is 4.79 Å². The van der Waals surface area contributed by atoms with Crippen LogP contribution in [-0.2, 0) is 17.1 Å². The molecule has 0 aliphatic carbocycles. The van der Waals surface area contributed by atoms with Gasteiger partial charge in [0.25, 0.3) is 5.91 Å². The molecular weight excluding hydrogens is 432 g/mol. The molecule has 12 heteroatoms. The lowest BCUT2D eigenvalue weighted by atomic mass is 10.0. The maximum atomic E-state index is 12.9. The van der Waals surface area contributed by atoms with E-state index in [2.05, 4.69) is 10.6 Å². The van der Waals surface area contributed by atoms with E-state index in [1.54, 1.807) is 11.8 Å². The third kappa shape index (κ3) is 7.30. The van der Waals surface area contributed by atoms with Crippen LogP contribution in [-0.4, -0.2) is 55.7 Å². The summed E-state index contributed by atoms with van der Waals surface area (Å²) in [5.41, 5.74) is -3.80. The SMILES string of the molecule is CCOC(=O)N1CCC(NCCNC(=O)c2cc(C(F)(F)F)cc(C(F)(F)F)c2)CC1. The van der Waals surface area contributed by atoms with Gasteiger partial charge in [-0.25, -0.2) is 4.79 Å². The Morgan fingerprint density at radius 1 is 1.00 bits per heavy atom. The van der Waals surface area contributed by atoms with Crippen LogP contribution in [0.25, 0.3) is 0 Å². The second-order valence-electron chi connectivity index (χ2n) is 6.96. The van der Waals surface area contributed by atoms with Gasteiger partial charge in [0.1, 0.15) is 0 Å². The highest BCUT2D eigenvalue weighted by atomic mass is 19.4. The first-order valence-electron chi connectivity index (χ1n) is 9.64. The Labute approximate surface area is 174 Å². The van der Waals surface area contributed by atoms with Gasteiger partial charge in [-0.1, -0.05) is 0 Å². The third-order valence-electron chi connectivity index (χ3n) is 4.71. The Bertz CT molecular complexity index is 742. The number of hydrogen-bond donors (Lipinski definition) is 2. The van der Waals surface area contributed by atoms with Crippen molar-refractivity contribution < 1.29 is 40.7 Å². The molecule has 0 bridgehead atoms. The van der Waals surface area contributed by atoms with E-state index in [1.807, 2.05) is 0 Å². The molecule has 0 saturated carbocycles. The molecule has 6 nitrogen and oxygen atoms in total. The van der Waals surface area contributed by atoms with Gasteiger partial charge >= 0.3 is 18.4 Å². The molecule has 1 heterocycles. The van der Waals surface area contributed by atoms with Crippen LogP contribution in [0.4, 0.5) is 31.1 Å². The predicted molar refractivity (Wildman–Crippen MR) is 98.4 cm³/mol. The third-order valence-corrected chi connectivity index (χ3v) is 4.71. The van der Waals surface area contributed by atoms with Crippen LogP contribution in [0.15, 0.2) is 18.2 Å². The number of nitrogens with zero attached hydrogens (tertiary/aromatic N) is 1. The smallest absolute Gasteiger partial charge is 0.416 e. The summed E-state index contributed by atoms with van der Waals surface area (Å²) in [5, 5.41) is 5.46. The molecule has 2 amide bonds. The highest BCUT2D eigenvalue weighted by molar-refractivity contribution is 5.94. The average molecular weight is 455 g/mol. The fraction of sp³-hybridized carbons (Fsp3) is 0.579. The van der Waals surface area contributed by atoms with Crippen molar-refractivity contribution in [3.05, 3.63) is 34.9 Å². The molecule has 1 aromatic rings. The summed E-state index contributed by atoms with van der Waals surface area (Å²) in [4.78, 5) is 25.3. The zero-order valence-electron chi connectivity index (χ0n) is 16.7. The summed E-state index contributed by atoms with van der Waals surface area (Å²) < 4.78 is 82.3. The van der Waals surface area contributed by atoms with Crippen molar-refractivity contribution in [2.45, 2.75) is 38.2 Å². The number of carbonyl (C=O) groups excluding carboxylic acids is 2. The second-order valence-corrected chi connectivity index (χ2v) is 6.96. The Kier molecular flexibility index (Phi) is 8.15. The summed E-state index contributed by atoms with van der Waals surface area (Å²) >= 11 is 0. The molecule has 31 heavy (non-hydrogen) atoms. The summed E-state index contributed by atoms with van der Waals surface area (Å²) in [6.45, 7) is 3.26. The van der Waals surface area contributed by atoms with Crippen molar-refractivity contribution in [3.63, 3.8) is 0 Å². The molecule has 1 aliphatic heterocycles. The van der Waals surface area contributed by atoms with E-state index < -0.39 is 35.0 Å². The lowest BCUT2D eigenvalue weighted by molar-refractivity contribution is -0.143. The predicted octanol–water partition coefficient (Wildman–Crippen LogP) is 3.66. The molecule has 2 N–H and O–H groups in total. The number of rotatable bonds is 6. The summed E-state index contributed by atoms with van der Waals surface area (Å²) in [6, 6.07) is 0.820. The molecule has 0 radical (unpaired) electrons. The number of hydrogen-bond acceptors (Lipinski definition) is 4. The van der Waals surface area contributed by atoms with Gasteiger partial charge in [0.15, 0.2) is 0 Å². The standard InChI is InChI=1S/C19H23F6N3O3/c1-2-31-17(30)28-7-3-15(4-8-28)26-5-6-27-16(29)12-9-13(18(20,21)22)11-14(10-12)19(23,24)25/h9-11,15,26H,2-8H2,1H3,(H,27,29). The van der Waals surface area contributed by atoms with Crippen molar-refractivity contribution in [3.8, 4) is 0 Å². The van der Waals surface area contributed by atoms with E-state index >= 15 is 0 Å². The van der Waals surface area contributed by atoms with Gasteiger partial charge in [0.05, 0.1) is 17.7 Å². The lowest BCUT2D eigenvalue weighted by Crippen LogP contribution is -2.46. The van der Waals surface area contributed by atoms with Crippen LogP contribution < -0.4 is 10.6 Å². The number of likely N-dealkylation sites (tertiary alicyclic amines) is 1. The number of piperidine rings is 1. The van der Waals surface area contributed by atoms with Gasteiger partial charge in [0.2, 0.25) is 0 Å². The average Bonchev–Trinajstić information content (AvgIpc) is 2.70. The highest BCUT2D eigenvalue weighted by Gasteiger charge is 2.37. The number of alkyl halides is 6. The minimum absolute atomic E-state index is 0.00845. The number of benzene rings is 1. The number of amides is 2. The Hall–Kier alpha value is -2.50. The Balaban J connectivity index is 1.86. The first-order valence-corrected chi connectivity index (χ1v) is 9.64. The van der Waals surface area contributed by atoms with Gasteiger partial charge < -0.3 is 20.3 Å². The topological polar surface area (TPSA) is 70.7 Å². The van der Waals surface area contributed by atoms with Crippen LogP contribution in [0.5, 0.6) is 0 Å². The lowest BCUT2D eigenvalue weighted by Gasteiger charge is -2.31. The minimum atomic E-state index is -5.02. The molecule has 2 rings (SSSR count). The first kappa shape index (κ1) is 24.8. The van der Waals surface area contributed by atoms with Gasteiger partial charge in [0, 0.05) is 37.8 Å². The zero-order chi connectivity index (χ0) is 23.2.